The van der Waals surface area contributed by atoms with Crippen LogP contribution in [0.4, 0.5) is 5.69 Å². The van der Waals surface area contributed by atoms with E-state index in [9.17, 15) is 4.79 Å². The molecule has 92 valence electrons. The molecule has 2 aromatic rings. The molecule has 18 heavy (non-hydrogen) atoms. The number of aryl methyl sites for hydroxylation is 1. The molecule has 1 N–H and O–H groups in total. The summed E-state index contributed by atoms with van der Waals surface area (Å²) < 4.78 is 0.641. The molecule has 0 radical (unpaired) electrons. The molecule has 0 bridgehead atoms. The highest BCUT2D eigenvalue weighted by Crippen LogP contribution is 2.18. The third-order valence-electron chi connectivity index (χ3n) is 2.52. The lowest BCUT2D eigenvalue weighted by Gasteiger charge is -2.06. The van der Waals surface area contributed by atoms with E-state index in [0.29, 0.717) is 16.7 Å². The average Bonchev–Trinajstić information content (AvgIpc) is 2.35. The van der Waals surface area contributed by atoms with Crippen molar-refractivity contribution in [3.05, 3.63) is 58.3 Å². The highest BCUT2D eigenvalue weighted by atomic mass is 79.9. The minimum absolute atomic E-state index is 0.0486. The van der Waals surface area contributed by atoms with Gasteiger partial charge in [0.05, 0.1) is 12.1 Å². The Morgan fingerprint density at radius 1 is 1.28 bits per heavy atom. The first-order valence-corrected chi connectivity index (χ1v) is 6.40. The molecule has 0 aliphatic heterocycles. The number of nitrogens with zero attached hydrogens (tertiary/aromatic N) is 1. The fourth-order valence-corrected chi connectivity index (χ4v) is 1.91. The monoisotopic (exact) mass is 304 g/mol. The number of halogens is 1. The fraction of sp³-hybridized carbons (Fsp3) is 0.143. The van der Waals surface area contributed by atoms with Gasteiger partial charge in [0.25, 0.3) is 0 Å². The summed E-state index contributed by atoms with van der Waals surface area (Å²) in [4.78, 5) is 15.9. The van der Waals surface area contributed by atoms with Crippen LogP contribution in [0, 0.1) is 6.92 Å². The van der Waals surface area contributed by atoms with Gasteiger partial charge < -0.3 is 5.32 Å². The van der Waals surface area contributed by atoms with Crippen molar-refractivity contribution in [1.82, 2.24) is 4.98 Å². The van der Waals surface area contributed by atoms with Gasteiger partial charge in [0.1, 0.15) is 4.60 Å². The molecule has 0 saturated heterocycles. The molecule has 4 heteroatoms. The second kappa shape index (κ2) is 5.78. The summed E-state index contributed by atoms with van der Waals surface area (Å²) in [6.45, 7) is 2.02. The van der Waals surface area contributed by atoms with E-state index in [2.05, 4.69) is 26.2 Å². The Bertz CT molecular complexity index is 552. The van der Waals surface area contributed by atoms with Crippen molar-refractivity contribution in [2.75, 3.05) is 5.32 Å². The van der Waals surface area contributed by atoms with Gasteiger partial charge in [-0.1, -0.05) is 29.8 Å². The van der Waals surface area contributed by atoms with Crippen LogP contribution in [0.3, 0.4) is 0 Å². The zero-order valence-electron chi connectivity index (χ0n) is 9.98. The first-order chi connectivity index (χ1) is 8.65. The molecule has 0 saturated carbocycles. The van der Waals surface area contributed by atoms with Crippen LogP contribution in [0.25, 0.3) is 0 Å². The summed E-state index contributed by atoms with van der Waals surface area (Å²) in [7, 11) is 0. The third kappa shape index (κ3) is 3.40. The van der Waals surface area contributed by atoms with Crippen LogP contribution in [-0.2, 0) is 11.2 Å². The molecule has 0 aliphatic rings. The number of carbonyl (C=O) groups is 1. The van der Waals surface area contributed by atoms with Gasteiger partial charge in [-0.25, -0.2) is 4.98 Å². The number of benzene rings is 1. The van der Waals surface area contributed by atoms with E-state index in [1.54, 1.807) is 12.3 Å². The Labute approximate surface area is 114 Å². The minimum Gasteiger partial charge on any atom is -0.323 e. The summed E-state index contributed by atoms with van der Waals surface area (Å²) in [6.07, 6.45) is 2.03. The van der Waals surface area contributed by atoms with Gasteiger partial charge in [0.2, 0.25) is 5.91 Å². The highest BCUT2D eigenvalue weighted by Gasteiger charge is 2.06. The van der Waals surface area contributed by atoms with Crippen molar-refractivity contribution in [3.8, 4) is 0 Å². The van der Waals surface area contributed by atoms with Crippen molar-refractivity contribution in [1.29, 1.82) is 0 Å². The lowest BCUT2D eigenvalue weighted by atomic mass is 10.1. The molecule has 1 heterocycles. The number of rotatable bonds is 3. The van der Waals surface area contributed by atoms with E-state index < -0.39 is 0 Å². The number of hydrogen-bond donors (Lipinski definition) is 1. The van der Waals surface area contributed by atoms with Crippen LogP contribution in [-0.4, -0.2) is 10.9 Å². The Balaban J connectivity index is 2.01. The van der Waals surface area contributed by atoms with E-state index in [4.69, 9.17) is 0 Å². The van der Waals surface area contributed by atoms with Crippen LogP contribution in [0.1, 0.15) is 11.1 Å². The van der Waals surface area contributed by atoms with E-state index >= 15 is 0 Å². The molecular weight excluding hydrogens is 292 g/mol. The zero-order valence-corrected chi connectivity index (χ0v) is 11.6. The molecule has 0 atom stereocenters. The maximum atomic E-state index is 11.9. The molecule has 0 aliphatic carbocycles. The third-order valence-corrected chi connectivity index (χ3v) is 3.15. The lowest BCUT2D eigenvalue weighted by molar-refractivity contribution is -0.115. The van der Waals surface area contributed by atoms with Crippen LogP contribution >= 0.6 is 15.9 Å². The van der Waals surface area contributed by atoms with Crippen molar-refractivity contribution in [2.24, 2.45) is 0 Å². The summed E-state index contributed by atoms with van der Waals surface area (Å²) in [6, 6.07) is 11.5. The first kappa shape index (κ1) is 12.8. The molecule has 1 aromatic carbocycles. The van der Waals surface area contributed by atoms with Crippen LogP contribution in [0.2, 0.25) is 0 Å². The lowest BCUT2D eigenvalue weighted by Crippen LogP contribution is -2.14. The summed E-state index contributed by atoms with van der Waals surface area (Å²) >= 11 is 3.29. The molecule has 0 unspecified atom stereocenters. The summed E-state index contributed by atoms with van der Waals surface area (Å²) in [5.41, 5.74) is 2.88. The fourth-order valence-electron chi connectivity index (χ4n) is 1.57. The molecule has 1 amide bonds. The van der Waals surface area contributed by atoms with Gasteiger partial charge in [-0.15, -0.1) is 0 Å². The number of nitrogens with one attached hydrogen (secondary N) is 1. The Kier molecular flexibility index (Phi) is 4.10. The largest absolute Gasteiger partial charge is 0.323 e. The second-order valence-corrected chi connectivity index (χ2v) is 4.80. The van der Waals surface area contributed by atoms with Gasteiger partial charge in [0.15, 0.2) is 0 Å². The maximum Gasteiger partial charge on any atom is 0.228 e. The van der Waals surface area contributed by atoms with Gasteiger partial charge >= 0.3 is 0 Å². The predicted molar refractivity (Wildman–Crippen MR) is 75.4 cm³/mol. The SMILES string of the molecule is Cc1ccc(CC(=O)Nc2cccnc2Br)cc1. The van der Waals surface area contributed by atoms with Gasteiger partial charge in [-0.3, -0.25) is 4.79 Å². The van der Waals surface area contributed by atoms with Gasteiger partial charge in [-0.2, -0.15) is 0 Å². The summed E-state index contributed by atoms with van der Waals surface area (Å²) in [5.74, 6) is -0.0486. The normalized spacial score (nSPS) is 10.1. The Morgan fingerprint density at radius 3 is 2.67 bits per heavy atom. The highest BCUT2D eigenvalue weighted by molar-refractivity contribution is 9.10. The quantitative estimate of drug-likeness (QED) is 0.884. The average molecular weight is 305 g/mol. The van der Waals surface area contributed by atoms with Crippen molar-refractivity contribution < 1.29 is 4.79 Å². The number of pyridine rings is 1. The predicted octanol–water partition coefficient (Wildman–Crippen LogP) is 3.33. The molecule has 3 nitrogen and oxygen atoms in total. The Morgan fingerprint density at radius 2 is 2.00 bits per heavy atom. The first-order valence-electron chi connectivity index (χ1n) is 5.61. The van der Waals surface area contributed by atoms with Gasteiger partial charge in [-0.05, 0) is 40.5 Å². The van der Waals surface area contributed by atoms with Crippen molar-refractivity contribution in [3.63, 3.8) is 0 Å². The van der Waals surface area contributed by atoms with E-state index in [0.717, 1.165) is 5.56 Å². The topological polar surface area (TPSA) is 42.0 Å². The van der Waals surface area contributed by atoms with Crippen LogP contribution < -0.4 is 5.32 Å². The molecule has 2 rings (SSSR count). The molecule has 0 fully saturated rings. The number of carbonyl (C=O) groups excluding carboxylic acids is 1. The second-order valence-electron chi connectivity index (χ2n) is 4.05. The molecule has 0 spiro atoms. The smallest absolute Gasteiger partial charge is 0.228 e. The van der Waals surface area contributed by atoms with E-state index in [1.165, 1.54) is 5.56 Å². The van der Waals surface area contributed by atoms with Crippen LogP contribution in [0.15, 0.2) is 47.2 Å². The number of hydrogen-bond acceptors (Lipinski definition) is 2. The van der Waals surface area contributed by atoms with E-state index in [-0.39, 0.29) is 5.91 Å². The molecular formula is C14H13BrN2O. The van der Waals surface area contributed by atoms with Crippen molar-refractivity contribution >= 4 is 27.5 Å². The maximum absolute atomic E-state index is 11.9. The van der Waals surface area contributed by atoms with Crippen LogP contribution in [0.5, 0.6) is 0 Å². The van der Waals surface area contributed by atoms with Crippen molar-refractivity contribution in [2.45, 2.75) is 13.3 Å². The minimum atomic E-state index is -0.0486. The number of anilines is 1. The number of aromatic nitrogens is 1. The molecule has 1 aromatic heterocycles. The summed E-state index contributed by atoms with van der Waals surface area (Å²) in [5, 5.41) is 2.82. The Hall–Kier alpha value is -1.68. The van der Waals surface area contributed by atoms with Gasteiger partial charge in [0, 0.05) is 6.20 Å². The zero-order chi connectivity index (χ0) is 13.0. The number of amides is 1. The standard InChI is InChI=1S/C14H13BrN2O/c1-10-4-6-11(7-5-10)9-13(18)17-12-3-2-8-16-14(12)15/h2-8H,9H2,1H3,(H,17,18). The van der Waals surface area contributed by atoms with E-state index in [1.807, 2.05) is 37.3 Å².